The maximum absolute atomic E-state index is 11.7. The van der Waals surface area contributed by atoms with Gasteiger partial charge in [-0.25, -0.2) is 8.42 Å². The van der Waals surface area contributed by atoms with Crippen molar-refractivity contribution >= 4 is 34.7 Å². The Morgan fingerprint density at radius 1 is 1.32 bits per heavy atom. The summed E-state index contributed by atoms with van der Waals surface area (Å²) < 4.78 is 25.4. The number of carboxylic acid groups (broad SMARTS) is 1. The van der Waals surface area contributed by atoms with Gasteiger partial charge in [-0.2, -0.15) is 17.4 Å². The van der Waals surface area contributed by atoms with Crippen LogP contribution in [-0.2, 0) is 14.8 Å². The van der Waals surface area contributed by atoms with Crippen LogP contribution in [0.1, 0.15) is 12.0 Å². The van der Waals surface area contributed by atoms with Crippen LogP contribution in [-0.4, -0.2) is 31.8 Å². The van der Waals surface area contributed by atoms with Crippen molar-refractivity contribution in [1.82, 2.24) is 4.72 Å². The van der Waals surface area contributed by atoms with Gasteiger partial charge in [0.25, 0.3) is 0 Å². The third kappa shape index (κ3) is 5.46. The second-order valence-electron chi connectivity index (χ2n) is 3.70. The molecule has 1 aromatic carbocycles. The molecule has 0 aliphatic heterocycles. The van der Waals surface area contributed by atoms with Crippen molar-refractivity contribution in [3.05, 3.63) is 35.9 Å². The summed E-state index contributed by atoms with van der Waals surface area (Å²) in [4.78, 5) is 10.4. The molecule has 0 amide bonds. The molecule has 5 nitrogen and oxygen atoms in total. The topological polar surface area (TPSA) is 83.5 Å². The molecule has 0 atom stereocenters. The number of sulfonamides is 1. The van der Waals surface area contributed by atoms with E-state index in [1.807, 2.05) is 16.9 Å². The van der Waals surface area contributed by atoms with Crippen LogP contribution in [0.4, 0.5) is 0 Å². The molecular weight excluding hydrogens is 286 g/mol. The summed E-state index contributed by atoms with van der Waals surface area (Å²) >= 11 is 4.07. The second kappa shape index (κ2) is 7.32. The first-order valence-corrected chi connectivity index (χ1v) is 7.66. The van der Waals surface area contributed by atoms with E-state index in [1.54, 1.807) is 12.1 Å². The number of nitrogens with one attached hydrogen (secondary N) is 1. The van der Waals surface area contributed by atoms with Crippen LogP contribution in [0.15, 0.2) is 35.2 Å². The first-order valence-electron chi connectivity index (χ1n) is 5.54. The molecule has 0 saturated heterocycles. The largest absolute Gasteiger partial charge is 0.480 e. The van der Waals surface area contributed by atoms with Gasteiger partial charge in [0.05, 0.1) is 4.90 Å². The molecule has 0 bridgehead atoms. The lowest BCUT2D eigenvalue weighted by atomic mass is 10.2. The Labute approximate surface area is 117 Å². The summed E-state index contributed by atoms with van der Waals surface area (Å²) in [5.41, 5.74) is 0.874. The van der Waals surface area contributed by atoms with Crippen LogP contribution in [0.2, 0.25) is 0 Å². The van der Waals surface area contributed by atoms with E-state index in [0.717, 1.165) is 17.7 Å². The van der Waals surface area contributed by atoms with Crippen molar-refractivity contribution in [2.24, 2.45) is 0 Å². The Morgan fingerprint density at radius 2 is 1.95 bits per heavy atom. The third-order valence-electron chi connectivity index (χ3n) is 2.21. The normalized spacial score (nSPS) is 11.8. The summed E-state index contributed by atoms with van der Waals surface area (Å²) in [5.74, 6) is -0.475. The second-order valence-corrected chi connectivity index (χ2v) is 5.92. The number of aliphatic carboxylic acids is 1. The standard InChI is InChI=1S/C12H15NO4S2/c14-12(15)9-13-19(16,17)11-6-4-10(5-7-11)3-1-2-8-18/h1,3-7,13,18H,2,8-9H2,(H,14,15). The van der Waals surface area contributed by atoms with Crippen LogP contribution >= 0.6 is 12.6 Å². The molecule has 0 aromatic heterocycles. The Kier molecular flexibility index (Phi) is 6.07. The molecule has 0 spiro atoms. The van der Waals surface area contributed by atoms with Crippen molar-refractivity contribution < 1.29 is 18.3 Å². The highest BCUT2D eigenvalue weighted by atomic mass is 32.2. The SMILES string of the molecule is O=C(O)CNS(=O)(=O)c1ccc(C=CCCS)cc1. The van der Waals surface area contributed by atoms with E-state index in [9.17, 15) is 13.2 Å². The zero-order valence-corrected chi connectivity index (χ0v) is 11.8. The van der Waals surface area contributed by atoms with E-state index >= 15 is 0 Å². The first-order chi connectivity index (χ1) is 8.95. The molecule has 0 aliphatic carbocycles. The molecule has 0 unspecified atom stereocenters. The fourth-order valence-electron chi connectivity index (χ4n) is 1.29. The van der Waals surface area contributed by atoms with Crippen molar-refractivity contribution in [3.8, 4) is 0 Å². The molecular formula is C12H15NO4S2. The molecule has 1 rings (SSSR count). The van der Waals surface area contributed by atoms with Crippen molar-refractivity contribution in [3.63, 3.8) is 0 Å². The Hall–Kier alpha value is -1.31. The molecule has 104 valence electrons. The number of hydrogen-bond donors (Lipinski definition) is 3. The van der Waals surface area contributed by atoms with Gasteiger partial charge in [0.2, 0.25) is 10.0 Å². The molecule has 19 heavy (non-hydrogen) atoms. The summed E-state index contributed by atoms with van der Waals surface area (Å²) in [6.45, 7) is -0.633. The summed E-state index contributed by atoms with van der Waals surface area (Å²) in [7, 11) is -3.76. The number of allylic oxidation sites excluding steroid dienone is 1. The Bertz CT molecular complexity index is 550. The average Bonchev–Trinajstić information content (AvgIpc) is 2.37. The molecule has 0 aliphatic rings. The minimum Gasteiger partial charge on any atom is -0.480 e. The van der Waals surface area contributed by atoms with Gasteiger partial charge in [-0.05, 0) is 29.9 Å². The monoisotopic (exact) mass is 301 g/mol. The van der Waals surface area contributed by atoms with Crippen molar-refractivity contribution in [2.45, 2.75) is 11.3 Å². The predicted octanol–water partition coefficient (Wildman–Crippen LogP) is 1.38. The van der Waals surface area contributed by atoms with E-state index in [-0.39, 0.29) is 4.90 Å². The van der Waals surface area contributed by atoms with Gasteiger partial charge in [-0.3, -0.25) is 4.79 Å². The number of carboxylic acids is 1. The van der Waals surface area contributed by atoms with E-state index < -0.39 is 22.5 Å². The van der Waals surface area contributed by atoms with Crippen LogP contribution in [0, 0.1) is 0 Å². The van der Waals surface area contributed by atoms with Gasteiger partial charge in [0.15, 0.2) is 0 Å². The average molecular weight is 301 g/mol. The fraction of sp³-hybridized carbons (Fsp3) is 0.250. The van der Waals surface area contributed by atoms with Gasteiger partial charge in [-0.15, -0.1) is 0 Å². The van der Waals surface area contributed by atoms with Crippen molar-refractivity contribution in [2.75, 3.05) is 12.3 Å². The number of carbonyl (C=O) groups is 1. The molecule has 7 heteroatoms. The molecule has 0 heterocycles. The lowest BCUT2D eigenvalue weighted by Crippen LogP contribution is -2.29. The highest BCUT2D eigenvalue weighted by Crippen LogP contribution is 2.11. The summed E-state index contributed by atoms with van der Waals surface area (Å²) in [5, 5.41) is 8.45. The zero-order valence-electron chi connectivity index (χ0n) is 10.1. The molecule has 0 radical (unpaired) electrons. The van der Waals surface area contributed by atoms with E-state index in [2.05, 4.69) is 12.6 Å². The van der Waals surface area contributed by atoms with Crippen LogP contribution in [0.3, 0.4) is 0 Å². The van der Waals surface area contributed by atoms with Crippen LogP contribution in [0.25, 0.3) is 6.08 Å². The number of rotatable bonds is 7. The number of benzene rings is 1. The maximum Gasteiger partial charge on any atom is 0.318 e. The molecule has 0 fully saturated rings. The lowest BCUT2D eigenvalue weighted by Gasteiger charge is -2.04. The Balaban J connectivity index is 2.77. The highest BCUT2D eigenvalue weighted by Gasteiger charge is 2.14. The van der Waals surface area contributed by atoms with Crippen LogP contribution in [0.5, 0.6) is 0 Å². The molecule has 1 aromatic rings. The predicted molar refractivity (Wildman–Crippen MR) is 76.8 cm³/mol. The van der Waals surface area contributed by atoms with Gasteiger partial charge in [0.1, 0.15) is 6.54 Å². The van der Waals surface area contributed by atoms with Crippen molar-refractivity contribution in [1.29, 1.82) is 0 Å². The highest BCUT2D eigenvalue weighted by molar-refractivity contribution is 7.89. The van der Waals surface area contributed by atoms with E-state index in [4.69, 9.17) is 5.11 Å². The number of hydrogen-bond acceptors (Lipinski definition) is 4. The maximum atomic E-state index is 11.7. The smallest absolute Gasteiger partial charge is 0.318 e. The molecule has 2 N–H and O–H groups in total. The lowest BCUT2D eigenvalue weighted by molar-refractivity contribution is -0.135. The third-order valence-corrected chi connectivity index (χ3v) is 3.89. The Morgan fingerprint density at radius 3 is 2.47 bits per heavy atom. The van der Waals surface area contributed by atoms with Gasteiger partial charge in [-0.1, -0.05) is 24.3 Å². The van der Waals surface area contributed by atoms with Gasteiger partial charge in [0, 0.05) is 0 Å². The minimum atomic E-state index is -3.76. The van der Waals surface area contributed by atoms with E-state index in [1.165, 1.54) is 12.1 Å². The molecule has 0 saturated carbocycles. The van der Waals surface area contributed by atoms with Gasteiger partial charge < -0.3 is 5.11 Å². The van der Waals surface area contributed by atoms with E-state index in [0.29, 0.717) is 0 Å². The summed E-state index contributed by atoms with van der Waals surface area (Å²) in [6.07, 6.45) is 4.65. The van der Waals surface area contributed by atoms with Crippen LogP contribution < -0.4 is 4.72 Å². The fourth-order valence-corrected chi connectivity index (χ4v) is 2.42. The summed E-state index contributed by atoms with van der Waals surface area (Å²) in [6, 6.07) is 6.18. The quantitative estimate of drug-likeness (QED) is 0.664. The first kappa shape index (κ1) is 15.7. The minimum absolute atomic E-state index is 0.0418. The zero-order chi connectivity index (χ0) is 14.3. The number of thiol groups is 1. The van der Waals surface area contributed by atoms with Gasteiger partial charge >= 0.3 is 5.97 Å².